The molecule has 2 aromatic rings. The Hall–Kier alpha value is -1.56. The van der Waals surface area contributed by atoms with E-state index < -0.39 is 11.6 Å². The molecule has 0 spiro atoms. The standard InChI is InChI=1S/C12H13F2N3S/c1-2-3-15-12-16-11(17-18-12)6-8-4-9(13)7-10(14)5-8/h4-5,7H,2-3,6H2,1H3,(H,15,16,17). The summed E-state index contributed by atoms with van der Waals surface area (Å²) in [6.45, 7) is 2.90. The number of aromatic nitrogens is 2. The highest BCUT2D eigenvalue weighted by Crippen LogP contribution is 2.15. The average Bonchev–Trinajstić information content (AvgIpc) is 2.72. The van der Waals surface area contributed by atoms with Gasteiger partial charge < -0.3 is 5.32 Å². The smallest absolute Gasteiger partial charge is 0.202 e. The minimum absolute atomic E-state index is 0.332. The van der Waals surface area contributed by atoms with Crippen LogP contribution in [0, 0.1) is 11.6 Å². The molecule has 1 N–H and O–H groups in total. The molecule has 0 aliphatic carbocycles. The number of anilines is 1. The number of nitrogens with zero attached hydrogens (tertiary/aromatic N) is 2. The molecule has 0 aliphatic heterocycles. The van der Waals surface area contributed by atoms with Crippen LogP contribution in [-0.4, -0.2) is 15.9 Å². The van der Waals surface area contributed by atoms with E-state index in [-0.39, 0.29) is 0 Å². The lowest BCUT2D eigenvalue weighted by molar-refractivity contribution is 0.580. The van der Waals surface area contributed by atoms with Gasteiger partial charge in [0.25, 0.3) is 0 Å². The van der Waals surface area contributed by atoms with Gasteiger partial charge in [-0.25, -0.2) is 13.8 Å². The van der Waals surface area contributed by atoms with Crippen molar-refractivity contribution in [2.75, 3.05) is 11.9 Å². The molecule has 18 heavy (non-hydrogen) atoms. The highest BCUT2D eigenvalue weighted by Gasteiger charge is 2.07. The van der Waals surface area contributed by atoms with Crippen LogP contribution in [-0.2, 0) is 6.42 Å². The number of nitrogens with one attached hydrogen (secondary N) is 1. The molecule has 0 fully saturated rings. The van der Waals surface area contributed by atoms with Crippen LogP contribution in [0.25, 0.3) is 0 Å². The second-order valence-electron chi connectivity index (χ2n) is 3.90. The van der Waals surface area contributed by atoms with Gasteiger partial charge in [-0.15, -0.1) is 0 Å². The van der Waals surface area contributed by atoms with E-state index in [9.17, 15) is 8.78 Å². The number of benzene rings is 1. The zero-order valence-corrected chi connectivity index (χ0v) is 10.7. The second kappa shape index (κ2) is 5.86. The predicted octanol–water partition coefficient (Wildman–Crippen LogP) is 3.23. The number of hydrogen-bond donors (Lipinski definition) is 1. The Morgan fingerprint density at radius 2 is 1.94 bits per heavy atom. The maximum Gasteiger partial charge on any atom is 0.202 e. The van der Waals surface area contributed by atoms with Crippen LogP contribution < -0.4 is 5.32 Å². The number of halogens is 2. The van der Waals surface area contributed by atoms with E-state index in [0.717, 1.165) is 24.2 Å². The van der Waals surface area contributed by atoms with Crippen LogP contribution in [0.3, 0.4) is 0 Å². The van der Waals surface area contributed by atoms with Gasteiger partial charge in [0.2, 0.25) is 5.13 Å². The molecule has 0 aliphatic rings. The van der Waals surface area contributed by atoms with Crippen LogP contribution in [0.1, 0.15) is 24.7 Å². The third-order valence-electron chi connectivity index (χ3n) is 2.28. The van der Waals surface area contributed by atoms with E-state index in [2.05, 4.69) is 21.6 Å². The van der Waals surface area contributed by atoms with E-state index in [1.54, 1.807) is 0 Å². The van der Waals surface area contributed by atoms with Crippen molar-refractivity contribution < 1.29 is 8.78 Å². The van der Waals surface area contributed by atoms with Gasteiger partial charge in [-0.2, -0.15) is 4.37 Å². The summed E-state index contributed by atoms with van der Waals surface area (Å²) in [5.74, 6) is -0.585. The van der Waals surface area contributed by atoms with E-state index in [1.165, 1.54) is 23.7 Å². The summed E-state index contributed by atoms with van der Waals surface area (Å²) in [5, 5.41) is 3.86. The topological polar surface area (TPSA) is 37.8 Å². The molecule has 96 valence electrons. The molecule has 2 rings (SSSR count). The van der Waals surface area contributed by atoms with Gasteiger partial charge in [0.1, 0.15) is 17.5 Å². The Morgan fingerprint density at radius 1 is 1.22 bits per heavy atom. The molecule has 0 radical (unpaired) electrons. The van der Waals surface area contributed by atoms with Crippen molar-refractivity contribution in [3.8, 4) is 0 Å². The minimum Gasteiger partial charge on any atom is -0.360 e. The lowest BCUT2D eigenvalue weighted by Crippen LogP contribution is -1.99. The van der Waals surface area contributed by atoms with Gasteiger partial charge in [-0.05, 0) is 24.1 Å². The summed E-state index contributed by atoms with van der Waals surface area (Å²) in [7, 11) is 0. The summed E-state index contributed by atoms with van der Waals surface area (Å²) >= 11 is 1.26. The molecule has 0 atom stereocenters. The van der Waals surface area contributed by atoms with Crippen LogP contribution >= 0.6 is 11.5 Å². The van der Waals surface area contributed by atoms with E-state index in [1.807, 2.05) is 0 Å². The minimum atomic E-state index is -0.579. The summed E-state index contributed by atoms with van der Waals surface area (Å²) in [5.41, 5.74) is 0.535. The molecular weight excluding hydrogens is 256 g/mol. The first kappa shape index (κ1) is 12.9. The van der Waals surface area contributed by atoms with E-state index in [4.69, 9.17) is 0 Å². The molecule has 0 unspecified atom stereocenters. The largest absolute Gasteiger partial charge is 0.360 e. The molecule has 0 bridgehead atoms. The molecule has 1 aromatic heterocycles. The van der Waals surface area contributed by atoms with Crippen LogP contribution in [0.2, 0.25) is 0 Å². The van der Waals surface area contributed by atoms with Crippen molar-refractivity contribution in [1.29, 1.82) is 0 Å². The first-order valence-corrected chi connectivity index (χ1v) is 6.46. The van der Waals surface area contributed by atoms with Gasteiger partial charge in [-0.3, -0.25) is 0 Å². The Kier molecular flexibility index (Phi) is 4.19. The predicted molar refractivity (Wildman–Crippen MR) is 67.9 cm³/mol. The van der Waals surface area contributed by atoms with E-state index >= 15 is 0 Å². The van der Waals surface area contributed by atoms with Gasteiger partial charge in [0, 0.05) is 30.6 Å². The molecule has 0 saturated heterocycles. The van der Waals surface area contributed by atoms with E-state index in [0.29, 0.717) is 17.8 Å². The Bertz CT molecular complexity index is 508. The molecule has 0 saturated carbocycles. The number of hydrogen-bond acceptors (Lipinski definition) is 4. The highest BCUT2D eigenvalue weighted by molar-refractivity contribution is 7.09. The summed E-state index contributed by atoms with van der Waals surface area (Å²) < 4.78 is 30.2. The summed E-state index contributed by atoms with van der Waals surface area (Å²) in [6, 6.07) is 3.44. The van der Waals surface area contributed by atoms with Gasteiger partial charge in [-0.1, -0.05) is 6.92 Å². The van der Waals surface area contributed by atoms with Crippen LogP contribution in [0.15, 0.2) is 18.2 Å². The van der Waals surface area contributed by atoms with Crippen molar-refractivity contribution in [2.24, 2.45) is 0 Å². The van der Waals surface area contributed by atoms with Gasteiger partial charge in [0.05, 0.1) is 0 Å². The third kappa shape index (κ3) is 3.46. The van der Waals surface area contributed by atoms with Crippen LogP contribution in [0.5, 0.6) is 0 Å². The van der Waals surface area contributed by atoms with Crippen molar-refractivity contribution >= 4 is 16.7 Å². The molecule has 1 heterocycles. The van der Waals surface area contributed by atoms with Crippen molar-refractivity contribution in [1.82, 2.24) is 9.36 Å². The summed E-state index contributed by atoms with van der Waals surface area (Å²) in [6.07, 6.45) is 1.34. The van der Waals surface area contributed by atoms with Crippen molar-refractivity contribution in [3.63, 3.8) is 0 Å². The normalized spacial score (nSPS) is 10.6. The average molecular weight is 269 g/mol. The molecule has 3 nitrogen and oxygen atoms in total. The Labute approximate surface area is 108 Å². The van der Waals surface area contributed by atoms with Crippen molar-refractivity contribution in [3.05, 3.63) is 41.2 Å². The monoisotopic (exact) mass is 269 g/mol. The first-order valence-electron chi connectivity index (χ1n) is 5.69. The maximum atomic E-state index is 13.0. The fourth-order valence-electron chi connectivity index (χ4n) is 1.53. The Morgan fingerprint density at radius 3 is 2.61 bits per heavy atom. The summed E-state index contributed by atoms with van der Waals surface area (Å²) in [4.78, 5) is 4.25. The quantitative estimate of drug-likeness (QED) is 0.905. The highest BCUT2D eigenvalue weighted by atomic mass is 32.1. The van der Waals surface area contributed by atoms with Gasteiger partial charge in [0.15, 0.2) is 0 Å². The molecular formula is C12H13F2N3S. The number of rotatable bonds is 5. The first-order chi connectivity index (χ1) is 8.67. The van der Waals surface area contributed by atoms with Crippen LogP contribution in [0.4, 0.5) is 13.9 Å². The fourth-order valence-corrected chi connectivity index (χ4v) is 2.14. The third-order valence-corrected chi connectivity index (χ3v) is 2.99. The van der Waals surface area contributed by atoms with Crippen molar-refractivity contribution in [2.45, 2.75) is 19.8 Å². The fraction of sp³-hybridized carbons (Fsp3) is 0.333. The second-order valence-corrected chi connectivity index (χ2v) is 4.65. The lowest BCUT2D eigenvalue weighted by atomic mass is 10.1. The van der Waals surface area contributed by atoms with Gasteiger partial charge >= 0.3 is 0 Å². The SMILES string of the molecule is CCCNc1nc(Cc2cc(F)cc(F)c2)ns1. The molecule has 6 heteroatoms. The lowest BCUT2D eigenvalue weighted by Gasteiger charge is -1.99. The zero-order valence-electron chi connectivity index (χ0n) is 9.91. The zero-order chi connectivity index (χ0) is 13.0. The molecule has 0 amide bonds. The molecule has 1 aromatic carbocycles. The maximum absolute atomic E-state index is 13.0. The Balaban J connectivity index is 2.06.